The molecular weight excluding hydrogens is 224 g/mol. The second kappa shape index (κ2) is 5.23. The van der Waals surface area contributed by atoms with Crippen LogP contribution >= 0.6 is 11.8 Å². The van der Waals surface area contributed by atoms with Crippen molar-refractivity contribution in [2.75, 3.05) is 13.2 Å². The van der Waals surface area contributed by atoms with E-state index in [-0.39, 0.29) is 17.1 Å². The SMILES string of the molecule is CCC1=C(OCC2CCCO2)C(=O)C(C)S1. The average molecular weight is 242 g/mol. The van der Waals surface area contributed by atoms with Gasteiger partial charge in [0.1, 0.15) is 6.61 Å². The largest absolute Gasteiger partial charge is 0.486 e. The van der Waals surface area contributed by atoms with Crippen LogP contribution in [0.2, 0.25) is 0 Å². The maximum absolute atomic E-state index is 11.8. The molecule has 0 spiro atoms. The molecule has 1 saturated heterocycles. The maximum atomic E-state index is 11.8. The molecule has 4 heteroatoms. The van der Waals surface area contributed by atoms with E-state index in [2.05, 4.69) is 6.92 Å². The first-order valence-corrected chi connectivity index (χ1v) is 6.78. The fourth-order valence-electron chi connectivity index (χ4n) is 1.99. The molecule has 0 bridgehead atoms. The number of carbonyl (C=O) groups is 1. The minimum Gasteiger partial charge on any atom is -0.486 e. The van der Waals surface area contributed by atoms with Crippen LogP contribution in [0.25, 0.3) is 0 Å². The van der Waals surface area contributed by atoms with Crippen molar-refractivity contribution in [2.24, 2.45) is 0 Å². The standard InChI is InChI=1S/C12H18O3S/c1-3-10-12(11(13)8(2)16-10)15-7-9-5-4-6-14-9/h8-9H,3-7H2,1-2H3. The number of ether oxygens (including phenoxy) is 2. The highest BCUT2D eigenvalue weighted by Gasteiger charge is 2.32. The molecule has 1 fully saturated rings. The number of hydrogen-bond donors (Lipinski definition) is 0. The van der Waals surface area contributed by atoms with Crippen molar-refractivity contribution < 1.29 is 14.3 Å². The number of thioether (sulfide) groups is 1. The first kappa shape index (κ1) is 12.0. The van der Waals surface area contributed by atoms with Gasteiger partial charge in [-0.15, -0.1) is 11.8 Å². The molecule has 0 saturated carbocycles. The zero-order valence-corrected chi connectivity index (χ0v) is 10.6. The Morgan fingerprint density at radius 1 is 1.56 bits per heavy atom. The molecule has 2 aliphatic heterocycles. The van der Waals surface area contributed by atoms with Crippen LogP contribution in [0.4, 0.5) is 0 Å². The van der Waals surface area contributed by atoms with E-state index in [4.69, 9.17) is 9.47 Å². The molecule has 2 heterocycles. The van der Waals surface area contributed by atoms with Gasteiger partial charge in [-0.2, -0.15) is 0 Å². The van der Waals surface area contributed by atoms with Gasteiger partial charge in [-0.05, 0) is 26.2 Å². The van der Waals surface area contributed by atoms with Gasteiger partial charge < -0.3 is 9.47 Å². The van der Waals surface area contributed by atoms with Gasteiger partial charge in [0.05, 0.1) is 11.4 Å². The van der Waals surface area contributed by atoms with Crippen molar-refractivity contribution in [3.63, 3.8) is 0 Å². The number of rotatable bonds is 4. The van der Waals surface area contributed by atoms with Gasteiger partial charge in [0.15, 0.2) is 5.76 Å². The summed E-state index contributed by atoms with van der Waals surface area (Å²) in [6.45, 7) is 5.35. The third kappa shape index (κ3) is 2.43. The van der Waals surface area contributed by atoms with E-state index < -0.39 is 0 Å². The summed E-state index contributed by atoms with van der Waals surface area (Å²) >= 11 is 1.63. The molecule has 2 unspecified atom stereocenters. The van der Waals surface area contributed by atoms with Gasteiger partial charge in [0, 0.05) is 11.5 Å². The van der Waals surface area contributed by atoms with E-state index in [1.807, 2.05) is 6.92 Å². The highest BCUT2D eigenvalue weighted by Crippen LogP contribution is 2.37. The Morgan fingerprint density at radius 2 is 2.38 bits per heavy atom. The Balaban J connectivity index is 1.93. The predicted molar refractivity (Wildman–Crippen MR) is 64.3 cm³/mol. The molecule has 90 valence electrons. The summed E-state index contributed by atoms with van der Waals surface area (Å²) in [5.41, 5.74) is 0. The lowest BCUT2D eigenvalue weighted by Gasteiger charge is -2.12. The van der Waals surface area contributed by atoms with Crippen molar-refractivity contribution in [1.29, 1.82) is 0 Å². The van der Waals surface area contributed by atoms with Crippen LogP contribution in [0.3, 0.4) is 0 Å². The molecule has 2 aliphatic rings. The monoisotopic (exact) mass is 242 g/mol. The molecule has 2 rings (SSSR count). The van der Waals surface area contributed by atoms with Crippen LogP contribution < -0.4 is 0 Å². The molecule has 0 amide bonds. The zero-order valence-electron chi connectivity index (χ0n) is 9.82. The quantitative estimate of drug-likeness (QED) is 0.759. The van der Waals surface area contributed by atoms with Gasteiger partial charge in [-0.25, -0.2) is 0 Å². The third-order valence-corrected chi connectivity index (χ3v) is 4.25. The summed E-state index contributed by atoms with van der Waals surface area (Å²) in [4.78, 5) is 12.9. The minimum atomic E-state index is 0.0226. The summed E-state index contributed by atoms with van der Waals surface area (Å²) in [7, 11) is 0. The summed E-state index contributed by atoms with van der Waals surface area (Å²) in [6, 6.07) is 0. The molecule has 0 radical (unpaired) electrons. The lowest BCUT2D eigenvalue weighted by molar-refractivity contribution is -0.118. The van der Waals surface area contributed by atoms with E-state index in [1.165, 1.54) is 0 Å². The van der Waals surface area contributed by atoms with Crippen LogP contribution in [-0.4, -0.2) is 30.4 Å². The average Bonchev–Trinajstić information content (AvgIpc) is 2.87. The number of Topliss-reactive ketones (excluding diaryl/α,β-unsaturated/α-hetero) is 1. The lowest BCUT2D eigenvalue weighted by Crippen LogP contribution is -2.18. The summed E-state index contributed by atoms with van der Waals surface area (Å²) in [6.07, 6.45) is 3.21. The smallest absolute Gasteiger partial charge is 0.211 e. The van der Waals surface area contributed by atoms with Crippen molar-refractivity contribution in [3.05, 3.63) is 10.7 Å². The summed E-state index contributed by atoms with van der Waals surface area (Å²) in [5.74, 6) is 0.732. The first-order valence-electron chi connectivity index (χ1n) is 5.90. The predicted octanol–water partition coefficient (Wildman–Crippen LogP) is 2.51. The van der Waals surface area contributed by atoms with Crippen LogP contribution in [0.1, 0.15) is 33.1 Å². The van der Waals surface area contributed by atoms with Gasteiger partial charge in [-0.3, -0.25) is 4.79 Å². The molecule has 3 nitrogen and oxygen atoms in total. The maximum Gasteiger partial charge on any atom is 0.211 e. The topological polar surface area (TPSA) is 35.5 Å². The molecule has 0 aliphatic carbocycles. The molecule has 16 heavy (non-hydrogen) atoms. The Bertz CT molecular complexity index is 305. The molecule has 0 N–H and O–H groups in total. The number of allylic oxidation sites excluding steroid dienone is 2. The molecule has 2 atom stereocenters. The second-order valence-corrected chi connectivity index (χ2v) is 5.61. The van der Waals surface area contributed by atoms with Crippen molar-refractivity contribution in [2.45, 2.75) is 44.5 Å². The Labute approximate surface area is 101 Å². The Morgan fingerprint density at radius 3 is 3.00 bits per heavy atom. The number of ketones is 1. The second-order valence-electron chi connectivity index (χ2n) is 4.18. The lowest BCUT2D eigenvalue weighted by atomic mass is 10.2. The van der Waals surface area contributed by atoms with E-state index in [1.54, 1.807) is 11.8 Å². The van der Waals surface area contributed by atoms with Crippen molar-refractivity contribution in [3.8, 4) is 0 Å². The van der Waals surface area contributed by atoms with Gasteiger partial charge in [0.25, 0.3) is 0 Å². The highest BCUT2D eigenvalue weighted by molar-refractivity contribution is 8.04. The summed E-state index contributed by atoms with van der Waals surface area (Å²) < 4.78 is 11.1. The van der Waals surface area contributed by atoms with Crippen LogP contribution in [0, 0.1) is 0 Å². The number of hydrogen-bond acceptors (Lipinski definition) is 4. The summed E-state index contributed by atoms with van der Waals surface area (Å²) in [5, 5.41) is 0.0226. The van der Waals surface area contributed by atoms with Crippen LogP contribution in [0.5, 0.6) is 0 Å². The zero-order chi connectivity index (χ0) is 11.5. The normalized spacial score (nSPS) is 30.2. The molecule has 0 aromatic heterocycles. The molecule has 0 aromatic carbocycles. The third-order valence-electron chi connectivity index (χ3n) is 2.92. The fourth-order valence-corrected chi connectivity index (χ4v) is 3.06. The fraction of sp³-hybridized carbons (Fsp3) is 0.750. The highest BCUT2D eigenvalue weighted by atomic mass is 32.2. The van der Waals surface area contributed by atoms with E-state index in [0.29, 0.717) is 12.4 Å². The molecule has 0 aromatic rings. The van der Waals surface area contributed by atoms with Crippen molar-refractivity contribution >= 4 is 17.5 Å². The van der Waals surface area contributed by atoms with E-state index >= 15 is 0 Å². The van der Waals surface area contributed by atoms with E-state index in [0.717, 1.165) is 30.8 Å². The number of carbonyl (C=O) groups excluding carboxylic acids is 1. The van der Waals surface area contributed by atoms with Gasteiger partial charge >= 0.3 is 0 Å². The van der Waals surface area contributed by atoms with Gasteiger partial charge in [-0.1, -0.05) is 6.92 Å². The Hall–Kier alpha value is -0.480. The molecular formula is C12H18O3S. The Kier molecular flexibility index (Phi) is 3.92. The van der Waals surface area contributed by atoms with Crippen molar-refractivity contribution in [1.82, 2.24) is 0 Å². The van der Waals surface area contributed by atoms with Crippen LogP contribution in [-0.2, 0) is 14.3 Å². The minimum absolute atomic E-state index is 0.0226. The van der Waals surface area contributed by atoms with Crippen LogP contribution in [0.15, 0.2) is 10.7 Å². The van der Waals surface area contributed by atoms with Gasteiger partial charge in [0.2, 0.25) is 5.78 Å². The first-order chi connectivity index (χ1) is 7.72. The van der Waals surface area contributed by atoms with E-state index in [9.17, 15) is 4.79 Å².